The van der Waals surface area contributed by atoms with Crippen LogP contribution >= 0.6 is 0 Å². The first-order valence-corrected chi connectivity index (χ1v) is 10.8. The molecule has 2 aromatic heterocycles. The molecule has 0 saturated heterocycles. The van der Waals surface area contributed by atoms with Crippen LogP contribution in [0.1, 0.15) is 5.89 Å². The third-order valence-electron chi connectivity index (χ3n) is 5.73. The number of aryl methyl sites for hydroxylation is 1. The summed E-state index contributed by atoms with van der Waals surface area (Å²) in [7, 11) is 0. The quantitative estimate of drug-likeness (QED) is 0.313. The highest BCUT2D eigenvalue weighted by molar-refractivity contribution is 5.91. The summed E-state index contributed by atoms with van der Waals surface area (Å²) in [6.07, 6.45) is 1.59. The molecule has 6 rings (SSSR count). The lowest BCUT2D eigenvalue weighted by molar-refractivity contribution is 0.561. The van der Waals surface area contributed by atoms with E-state index in [1.807, 2.05) is 41.9 Å². The minimum Gasteiger partial charge on any atom is -0.441 e. The molecule has 2 heterocycles. The van der Waals surface area contributed by atoms with E-state index in [2.05, 4.69) is 76.7 Å². The second kappa shape index (κ2) is 7.88. The van der Waals surface area contributed by atoms with Crippen LogP contribution in [0.2, 0.25) is 0 Å². The topological polar surface area (TPSA) is 56.7 Å². The summed E-state index contributed by atoms with van der Waals surface area (Å²) >= 11 is 0. The van der Waals surface area contributed by atoms with Crippen molar-refractivity contribution in [1.29, 1.82) is 0 Å². The Labute approximate surface area is 191 Å². The van der Waals surface area contributed by atoms with E-state index in [0.29, 0.717) is 5.89 Å². The van der Waals surface area contributed by atoms with E-state index in [-0.39, 0.29) is 0 Å². The van der Waals surface area contributed by atoms with Gasteiger partial charge in [0.25, 0.3) is 0 Å². The van der Waals surface area contributed by atoms with Gasteiger partial charge in [0.05, 0.1) is 5.69 Å². The smallest absolute Gasteiger partial charge is 0.192 e. The zero-order valence-electron chi connectivity index (χ0n) is 18.0. The molecule has 0 N–H and O–H groups in total. The molecule has 33 heavy (non-hydrogen) atoms. The monoisotopic (exact) mass is 428 g/mol. The highest BCUT2D eigenvalue weighted by atomic mass is 16.3. The minimum absolute atomic E-state index is 0.623. The first-order valence-electron chi connectivity index (χ1n) is 10.8. The standard InChI is InChI=1S/C28H20N4O/c1-19-31-26-24(16-9-17-25(26)33-19)28-29-18-30-32(28)27-22(20-10-4-2-5-11-20)14-8-15-23(27)21-12-6-3-7-13-21/h2-18H,1H3. The Bertz CT molecular complexity index is 1510. The second-order valence-electron chi connectivity index (χ2n) is 7.81. The highest BCUT2D eigenvalue weighted by Gasteiger charge is 2.21. The van der Waals surface area contributed by atoms with Gasteiger partial charge < -0.3 is 4.42 Å². The van der Waals surface area contributed by atoms with E-state index in [1.54, 1.807) is 6.33 Å². The maximum Gasteiger partial charge on any atom is 0.192 e. The summed E-state index contributed by atoms with van der Waals surface area (Å²) in [6, 6.07) is 33.0. The fourth-order valence-electron chi connectivity index (χ4n) is 4.30. The average molecular weight is 428 g/mol. The molecule has 0 aliphatic heterocycles. The molecule has 0 spiro atoms. The van der Waals surface area contributed by atoms with E-state index in [1.165, 1.54) is 0 Å². The van der Waals surface area contributed by atoms with Gasteiger partial charge in [-0.25, -0.2) is 14.6 Å². The number of benzene rings is 4. The van der Waals surface area contributed by atoms with Gasteiger partial charge in [0.2, 0.25) is 0 Å². The highest BCUT2D eigenvalue weighted by Crippen LogP contribution is 2.38. The predicted molar refractivity (Wildman–Crippen MR) is 130 cm³/mol. The number of hydrogen-bond acceptors (Lipinski definition) is 4. The van der Waals surface area contributed by atoms with Crippen LogP contribution in [0.15, 0.2) is 108 Å². The molecule has 5 heteroatoms. The fourth-order valence-corrected chi connectivity index (χ4v) is 4.30. The van der Waals surface area contributed by atoms with Gasteiger partial charge in [-0.1, -0.05) is 84.9 Å². The maximum absolute atomic E-state index is 5.77. The van der Waals surface area contributed by atoms with Gasteiger partial charge in [0, 0.05) is 23.6 Å². The van der Waals surface area contributed by atoms with Crippen molar-refractivity contribution < 1.29 is 4.42 Å². The number of para-hydroxylation sites is 2. The molecule has 158 valence electrons. The van der Waals surface area contributed by atoms with Crippen molar-refractivity contribution in [2.45, 2.75) is 6.92 Å². The van der Waals surface area contributed by atoms with E-state index in [4.69, 9.17) is 9.52 Å². The number of aromatic nitrogens is 4. The molecule has 0 saturated carbocycles. The molecule has 0 fully saturated rings. The maximum atomic E-state index is 5.77. The van der Waals surface area contributed by atoms with Crippen LogP contribution in [0.5, 0.6) is 0 Å². The Hall–Kier alpha value is -4.51. The van der Waals surface area contributed by atoms with Crippen LogP contribution in [0, 0.1) is 6.92 Å². The van der Waals surface area contributed by atoms with Crippen LogP contribution < -0.4 is 0 Å². The summed E-state index contributed by atoms with van der Waals surface area (Å²) in [5, 5.41) is 4.70. The first kappa shape index (κ1) is 19.2. The van der Waals surface area contributed by atoms with E-state index >= 15 is 0 Å². The van der Waals surface area contributed by atoms with Gasteiger partial charge in [-0.2, -0.15) is 5.10 Å². The van der Waals surface area contributed by atoms with Gasteiger partial charge >= 0.3 is 0 Å². The predicted octanol–water partition coefficient (Wildman–Crippen LogP) is 6.72. The van der Waals surface area contributed by atoms with Crippen LogP contribution in [-0.2, 0) is 0 Å². The Balaban J connectivity index is 1.66. The summed E-state index contributed by atoms with van der Waals surface area (Å²) in [6.45, 7) is 1.85. The Morgan fingerprint density at radius 1 is 0.667 bits per heavy atom. The molecule has 0 bridgehead atoms. The molecular weight excluding hydrogens is 408 g/mol. The molecule has 5 nitrogen and oxygen atoms in total. The van der Waals surface area contributed by atoms with Crippen molar-refractivity contribution in [2.24, 2.45) is 0 Å². The molecule has 0 unspecified atom stereocenters. The van der Waals surface area contributed by atoms with Crippen molar-refractivity contribution in [3.05, 3.63) is 109 Å². The molecule has 0 radical (unpaired) electrons. The lowest BCUT2D eigenvalue weighted by atomic mass is 9.95. The van der Waals surface area contributed by atoms with Gasteiger partial charge in [0.1, 0.15) is 11.8 Å². The number of nitrogens with zero attached hydrogens (tertiary/aromatic N) is 4. The zero-order chi connectivity index (χ0) is 22.2. The van der Waals surface area contributed by atoms with Gasteiger partial charge in [-0.3, -0.25) is 0 Å². The lowest BCUT2D eigenvalue weighted by Gasteiger charge is -2.17. The Morgan fingerprint density at radius 2 is 1.27 bits per heavy atom. The first-order chi connectivity index (χ1) is 16.3. The van der Waals surface area contributed by atoms with Crippen LogP contribution in [0.4, 0.5) is 0 Å². The number of rotatable bonds is 4. The third kappa shape index (κ3) is 3.31. The van der Waals surface area contributed by atoms with Crippen molar-refractivity contribution in [1.82, 2.24) is 19.7 Å². The van der Waals surface area contributed by atoms with Crippen LogP contribution in [0.3, 0.4) is 0 Å². The zero-order valence-corrected chi connectivity index (χ0v) is 18.0. The van der Waals surface area contributed by atoms with Crippen LogP contribution in [0.25, 0.3) is 50.4 Å². The molecule has 0 aliphatic carbocycles. The van der Waals surface area contributed by atoms with Gasteiger partial charge in [-0.15, -0.1) is 0 Å². The Morgan fingerprint density at radius 3 is 1.94 bits per heavy atom. The SMILES string of the molecule is Cc1nc2c(-c3ncnn3-c3c(-c4ccccc4)cccc3-c3ccccc3)cccc2o1. The molecular formula is C28H20N4O. The summed E-state index contributed by atoms with van der Waals surface area (Å²) in [5.41, 5.74) is 7.74. The summed E-state index contributed by atoms with van der Waals surface area (Å²) in [4.78, 5) is 9.28. The molecule has 6 aromatic rings. The summed E-state index contributed by atoms with van der Waals surface area (Å²) in [5.74, 6) is 1.34. The second-order valence-corrected chi connectivity index (χ2v) is 7.81. The van der Waals surface area contributed by atoms with Gasteiger partial charge in [-0.05, 0) is 23.3 Å². The molecule has 0 aliphatic rings. The molecule has 4 aromatic carbocycles. The number of hydrogen-bond donors (Lipinski definition) is 0. The van der Waals surface area contributed by atoms with Crippen molar-refractivity contribution >= 4 is 11.1 Å². The third-order valence-corrected chi connectivity index (χ3v) is 5.73. The van der Waals surface area contributed by atoms with Crippen molar-refractivity contribution in [3.8, 4) is 39.3 Å². The minimum atomic E-state index is 0.623. The van der Waals surface area contributed by atoms with Crippen molar-refractivity contribution in [2.75, 3.05) is 0 Å². The molecule has 0 atom stereocenters. The van der Waals surface area contributed by atoms with E-state index < -0.39 is 0 Å². The average Bonchev–Trinajstić information content (AvgIpc) is 3.50. The largest absolute Gasteiger partial charge is 0.441 e. The van der Waals surface area contributed by atoms with E-state index in [9.17, 15) is 0 Å². The lowest BCUT2D eigenvalue weighted by Crippen LogP contribution is -2.05. The normalized spacial score (nSPS) is 11.2. The fraction of sp³-hybridized carbons (Fsp3) is 0.0357. The van der Waals surface area contributed by atoms with E-state index in [0.717, 1.165) is 50.4 Å². The molecule has 0 amide bonds. The van der Waals surface area contributed by atoms with Crippen molar-refractivity contribution in [3.63, 3.8) is 0 Å². The number of oxazole rings is 1. The van der Waals surface area contributed by atoms with Crippen LogP contribution in [-0.4, -0.2) is 19.7 Å². The Kier molecular flexibility index (Phi) is 4.58. The number of fused-ring (bicyclic) bond motifs is 1. The summed E-state index contributed by atoms with van der Waals surface area (Å²) < 4.78 is 7.69. The van der Waals surface area contributed by atoms with Gasteiger partial charge in [0.15, 0.2) is 17.3 Å².